The Kier molecular flexibility index (Phi) is 9.64. The number of anilines is 2. The van der Waals surface area contributed by atoms with Crippen LogP contribution in [0, 0.1) is 0 Å². The molecule has 2 aromatic carbocycles. The van der Waals surface area contributed by atoms with E-state index in [0.717, 1.165) is 5.56 Å². The van der Waals surface area contributed by atoms with Crippen LogP contribution >= 0.6 is 0 Å². The number of guanidine groups is 3. The maximum atomic E-state index is 12.7. The predicted octanol–water partition coefficient (Wildman–Crippen LogP) is 0.323. The third-order valence-corrected chi connectivity index (χ3v) is 4.53. The Bertz CT molecular complexity index is 1260. The van der Waals surface area contributed by atoms with Crippen LogP contribution in [0.25, 0.3) is 0 Å². The molecule has 0 bridgehead atoms. The number of hydrogen-bond donors (Lipinski definition) is 8. The average molecular weight is 507 g/mol. The number of nitrogens with two attached hydrogens (primary N) is 6. The van der Waals surface area contributed by atoms with Gasteiger partial charge in [0.2, 0.25) is 17.9 Å². The summed E-state index contributed by atoms with van der Waals surface area (Å²) < 4.78 is 0. The topological polar surface area (TPSA) is 271 Å². The van der Waals surface area contributed by atoms with Crippen LogP contribution in [-0.2, 0) is 0 Å². The first kappa shape index (κ1) is 27.8. The van der Waals surface area contributed by atoms with Gasteiger partial charge in [0, 0.05) is 22.5 Å². The minimum atomic E-state index is -0.487. The molecule has 0 saturated carbocycles. The molecule has 2 rings (SSSR count). The Labute approximate surface area is 213 Å². The molecule has 0 atom stereocenters. The lowest BCUT2D eigenvalue weighted by Gasteiger charge is -2.12. The number of nitrogens with one attached hydrogen (secondary N) is 2. The number of benzene rings is 2. The van der Waals surface area contributed by atoms with Gasteiger partial charge in [-0.15, -0.1) is 15.3 Å². The Hall–Kier alpha value is -5.47. The minimum Gasteiger partial charge on any atom is -0.369 e. The molecule has 15 heteroatoms. The Morgan fingerprint density at radius 3 is 1.32 bits per heavy atom. The molecule has 0 spiro atoms. The quantitative estimate of drug-likeness (QED) is 0.141. The molecule has 0 unspecified atom stereocenters. The highest BCUT2D eigenvalue weighted by atomic mass is 16.2. The first-order chi connectivity index (χ1) is 17.4. The molecule has 0 radical (unpaired) electrons. The molecule has 0 heterocycles. The zero-order valence-corrected chi connectivity index (χ0v) is 20.6. The van der Waals surface area contributed by atoms with Gasteiger partial charge in [0.15, 0.2) is 0 Å². The van der Waals surface area contributed by atoms with E-state index >= 15 is 0 Å². The molecule has 0 aliphatic carbocycles. The largest absolute Gasteiger partial charge is 0.369 e. The number of rotatable bonds is 8. The summed E-state index contributed by atoms with van der Waals surface area (Å²) in [6.45, 7) is 5.17. The summed E-state index contributed by atoms with van der Waals surface area (Å²) in [7, 11) is 0. The van der Waals surface area contributed by atoms with E-state index in [1.807, 2.05) is 0 Å². The average Bonchev–Trinajstić information content (AvgIpc) is 2.84. The van der Waals surface area contributed by atoms with Gasteiger partial charge in [0.25, 0.3) is 0 Å². The number of carbonyl (C=O) groups is 1. The van der Waals surface area contributed by atoms with Crippen LogP contribution in [0.3, 0.4) is 0 Å². The fourth-order valence-corrected chi connectivity index (χ4v) is 2.78. The Morgan fingerprint density at radius 2 is 0.919 bits per heavy atom. The highest BCUT2D eigenvalue weighted by Gasteiger charge is 2.10. The SMILES string of the molecule is C/C(=N\N=C(N)N)c1ccc(NC(=O)Nc2cc(/C(C)=N/N=C(N)N)cc(/C(C)=N/N=C(N)N)c2)cc1. The minimum absolute atomic E-state index is 0.142. The summed E-state index contributed by atoms with van der Waals surface area (Å²) in [4.78, 5) is 12.7. The van der Waals surface area contributed by atoms with Gasteiger partial charge in [-0.25, -0.2) is 4.79 Å². The molecule has 0 aliphatic heterocycles. The van der Waals surface area contributed by atoms with Crippen molar-refractivity contribution in [2.24, 2.45) is 65.0 Å². The molecule has 37 heavy (non-hydrogen) atoms. The molecule has 2 aromatic rings. The molecular formula is C22H30N14O. The van der Waals surface area contributed by atoms with Gasteiger partial charge in [0.05, 0.1) is 17.1 Å². The zero-order valence-electron chi connectivity index (χ0n) is 20.6. The summed E-state index contributed by atoms with van der Waals surface area (Å²) in [6.07, 6.45) is 0. The number of nitrogens with zero attached hydrogens (tertiary/aromatic N) is 6. The van der Waals surface area contributed by atoms with E-state index in [4.69, 9.17) is 34.4 Å². The van der Waals surface area contributed by atoms with E-state index < -0.39 is 6.03 Å². The van der Waals surface area contributed by atoms with Crippen molar-refractivity contribution in [3.63, 3.8) is 0 Å². The van der Waals surface area contributed by atoms with Crippen LogP contribution in [0.4, 0.5) is 16.2 Å². The van der Waals surface area contributed by atoms with Gasteiger partial charge in [-0.1, -0.05) is 12.1 Å². The van der Waals surface area contributed by atoms with Crippen molar-refractivity contribution in [3.05, 3.63) is 59.2 Å². The van der Waals surface area contributed by atoms with Crippen LogP contribution in [0.15, 0.2) is 73.1 Å². The van der Waals surface area contributed by atoms with Crippen LogP contribution < -0.4 is 45.0 Å². The van der Waals surface area contributed by atoms with E-state index in [-0.39, 0.29) is 17.9 Å². The van der Waals surface area contributed by atoms with Crippen molar-refractivity contribution in [1.29, 1.82) is 0 Å². The van der Waals surface area contributed by atoms with Gasteiger partial charge in [0.1, 0.15) is 0 Å². The second-order valence-electron chi connectivity index (χ2n) is 7.59. The first-order valence-corrected chi connectivity index (χ1v) is 10.7. The fourth-order valence-electron chi connectivity index (χ4n) is 2.78. The smallest absolute Gasteiger partial charge is 0.323 e. The Balaban J connectivity index is 2.30. The van der Waals surface area contributed by atoms with Crippen molar-refractivity contribution in [3.8, 4) is 0 Å². The third-order valence-electron chi connectivity index (χ3n) is 4.53. The predicted molar refractivity (Wildman–Crippen MR) is 150 cm³/mol. The molecule has 0 aliphatic rings. The highest BCUT2D eigenvalue weighted by molar-refractivity contribution is 6.07. The van der Waals surface area contributed by atoms with Crippen molar-refractivity contribution >= 4 is 52.4 Å². The van der Waals surface area contributed by atoms with Gasteiger partial charge < -0.3 is 45.0 Å². The molecule has 194 valence electrons. The van der Waals surface area contributed by atoms with E-state index in [1.54, 1.807) is 63.2 Å². The van der Waals surface area contributed by atoms with Crippen LogP contribution in [-0.4, -0.2) is 41.0 Å². The summed E-state index contributed by atoms with van der Waals surface area (Å²) in [5.41, 5.74) is 36.6. The van der Waals surface area contributed by atoms with Crippen LogP contribution in [0.1, 0.15) is 37.5 Å². The lowest BCUT2D eigenvalue weighted by molar-refractivity contribution is 0.262. The maximum Gasteiger partial charge on any atom is 0.323 e. The number of carbonyl (C=O) groups excluding carboxylic acids is 1. The molecule has 0 saturated heterocycles. The van der Waals surface area contributed by atoms with E-state index in [0.29, 0.717) is 39.6 Å². The number of amides is 2. The molecule has 0 aromatic heterocycles. The van der Waals surface area contributed by atoms with E-state index in [9.17, 15) is 4.79 Å². The second kappa shape index (κ2) is 12.8. The number of urea groups is 1. The van der Waals surface area contributed by atoms with Gasteiger partial charge in [-0.3, -0.25) is 0 Å². The second-order valence-corrected chi connectivity index (χ2v) is 7.59. The first-order valence-electron chi connectivity index (χ1n) is 10.7. The molecule has 15 nitrogen and oxygen atoms in total. The summed E-state index contributed by atoms with van der Waals surface area (Å²) in [5, 5.41) is 28.4. The van der Waals surface area contributed by atoms with Crippen molar-refractivity contribution < 1.29 is 4.79 Å². The Morgan fingerprint density at radius 1 is 0.541 bits per heavy atom. The van der Waals surface area contributed by atoms with Crippen LogP contribution in [0.5, 0.6) is 0 Å². The van der Waals surface area contributed by atoms with Crippen LogP contribution in [0.2, 0.25) is 0 Å². The third kappa shape index (κ3) is 9.36. The maximum absolute atomic E-state index is 12.7. The van der Waals surface area contributed by atoms with Gasteiger partial charge in [-0.05, 0) is 56.7 Å². The van der Waals surface area contributed by atoms with E-state index in [1.165, 1.54) is 0 Å². The highest BCUT2D eigenvalue weighted by Crippen LogP contribution is 2.18. The molecular weight excluding hydrogens is 476 g/mol. The zero-order chi connectivity index (χ0) is 27.5. The summed E-state index contributed by atoms with van der Waals surface area (Å²) in [5.74, 6) is -0.526. The summed E-state index contributed by atoms with van der Waals surface area (Å²) in [6, 6.07) is 11.6. The van der Waals surface area contributed by atoms with Crippen molar-refractivity contribution in [2.45, 2.75) is 20.8 Å². The van der Waals surface area contributed by atoms with Crippen molar-refractivity contribution in [1.82, 2.24) is 0 Å². The van der Waals surface area contributed by atoms with E-state index in [2.05, 4.69) is 41.2 Å². The van der Waals surface area contributed by atoms with Gasteiger partial charge >= 0.3 is 6.03 Å². The summed E-state index contributed by atoms with van der Waals surface area (Å²) >= 11 is 0. The monoisotopic (exact) mass is 506 g/mol. The van der Waals surface area contributed by atoms with Gasteiger partial charge in [-0.2, -0.15) is 15.3 Å². The number of hydrogen-bond acceptors (Lipinski definition) is 7. The van der Waals surface area contributed by atoms with Crippen molar-refractivity contribution in [2.75, 3.05) is 10.6 Å². The molecule has 2 amide bonds. The lowest BCUT2D eigenvalue weighted by Crippen LogP contribution is -2.22. The molecule has 0 fully saturated rings. The lowest BCUT2D eigenvalue weighted by atomic mass is 10.0. The standard InChI is InChI=1S/C22H30N14O/c1-11(31-34-19(23)24)14-4-6-17(7-5-14)29-22(37)30-18-9-15(12(2)32-35-20(25)26)8-16(10-18)13(3)33-36-21(27)28/h4-10H,1-3H3,(H4,23,24,34)(H4,25,26,35)(H4,27,28,36)(H2,29,30,37)/b31-11+,32-12+,33-13+. The normalized spacial score (nSPS) is 11.8. The fraction of sp³-hybridized carbons (Fsp3) is 0.136. The molecule has 14 N–H and O–H groups in total.